The molecular formula is C16H28N2O4. The summed E-state index contributed by atoms with van der Waals surface area (Å²) in [5, 5.41) is 6.18. The monoisotopic (exact) mass is 312 g/mol. The minimum Gasteiger partial charge on any atom is -0.472 e. The Morgan fingerprint density at radius 2 is 2.18 bits per heavy atom. The summed E-state index contributed by atoms with van der Waals surface area (Å²) in [7, 11) is 1.69. The van der Waals surface area contributed by atoms with E-state index in [4.69, 9.17) is 13.9 Å². The molecular weight excluding hydrogens is 284 g/mol. The third kappa shape index (κ3) is 8.69. The molecule has 1 rings (SSSR count). The van der Waals surface area contributed by atoms with Crippen molar-refractivity contribution >= 4 is 6.09 Å². The third-order valence-electron chi connectivity index (χ3n) is 2.94. The average molecular weight is 312 g/mol. The maximum Gasteiger partial charge on any atom is 0.407 e. The molecule has 1 heterocycles. The van der Waals surface area contributed by atoms with Crippen LogP contribution in [0.25, 0.3) is 0 Å². The molecule has 0 aliphatic heterocycles. The van der Waals surface area contributed by atoms with Crippen molar-refractivity contribution in [3.63, 3.8) is 0 Å². The SMILES string of the molecule is COCC(CCCNC(=O)OC(C)(C)C)NCc1ccoc1. The number of nitrogens with one attached hydrogen (secondary N) is 2. The Morgan fingerprint density at radius 3 is 2.77 bits per heavy atom. The van der Waals surface area contributed by atoms with Gasteiger partial charge in [-0.3, -0.25) is 0 Å². The number of carbonyl (C=O) groups is 1. The molecule has 1 atom stereocenters. The van der Waals surface area contributed by atoms with E-state index in [0.29, 0.717) is 13.2 Å². The molecule has 22 heavy (non-hydrogen) atoms. The summed E-state index contributed by atoms with van der Waals surface area (Å²) in [6.45, 7) is 7.50. The summed E-state index contributed by atoms with van der Waals surface area (Å²) >= 11 is 0. The fourth-order valence-corrected chi connectivity index (χ4v) is 1.95. The molecule has 0 aromatic carbocycles. The standard InChI is InChI=1S/C16H28N2O4/c1-16(2,3)22-15(19)17-8-5-6-14(12-20-4)18-10-13-7-9-21-11-13/h7,9,11,14,18H,5-6,8,10,12H2,1-4H3,(H,17,19). The second-order valence-electron chi connectivity index (χ2n) is 6.24. The lowest BCUT2D eigenvalue weighted by atomic mass is 10.1. The molecule has 0 radical (unpaired) electrons. The second kappa shape index (κ2) is 9.48. The molecule has 1 aromatic rings. The predicted octanol–water partition coefficient (Wildman–Crippen LogP) is 2.69. The molecule has 1 amide bonds. The van der Waals surface area contributed by atoms with E-state index in [2.05, 4.69) is 10.6 Å². The number of hydrogen-bond acceptors (Lipinski definition) is 5. The lowest BCUT2D eigenvalue weighted by Crippen LogP contribution is -2.35. The summed E-state index contributed by atoms with van der Waals surface area (Å²) in [5.74, 6) is 0. The fraction of sp³-hybridized carbons (Fsp3) is 0.688. The van der Waals surface area contributed by atoms with Crippen LogP contribution in [0, 0.1) is 0 Å². The zero-order valence-electron chi connectivity index (χ0n) is 14.0. The van der Waals surface area contributed by atoms with Gasteiger partial charge in [-0.15, -0.1) is 0 Å². The highest BCUT2D eigenvalue weighted by molar-refractivity contribution is 5.67. The number of alkyl carbamates (subject to hydrolysis) is 1. The van der Waals surface area contributed by atoms with Crippen molar-refractivity contribution in [3.8, 4) is 0 Å². The first kappa shape index (κ1) is 18.5. The first-order valence-electron chi connectivity index (χ1n) is 7.61. The van der Waals surface area contributed by atoms with Crippen LogP contribution < -0.4 is 10.6 Å². The van der Waals surface area contributed by atoms with Crippen LogP contribution in [0.3, 0.4) is 0 Å². The normalized spacial score (nSPS) is 12.9. The minimum atomic E-state index is -0.463. The zero-order chi connectivity index (χ0) is 16.4. The summed E-state index contributed by atoms with van der Waals surface area (Å²) in [5.41, 5.74) is 0.641. The van der Waals surface area contributed by atoms with Gasteiger partial charge >= 0.3 is 6.09 Å². The van der Waals surface area contributed by atoms with Crippen molar-refractivity contribution in [3.05, 3.63) is 24.2 Å². The Hall–Kier alpha value is -1.53. The predicted molar refractivity (Wildman–Crippen MR) is 84.7 cm³/mol. The molecule has 0 aliphatic carbocycles. The van der Waals surface area contributed by atoms with Crippen LogP contribution in [0.15, 0.2) is 23.0 Å². The molecule has 6 nitrogen and oxygen atoms in total. The van der Waals surface area contributed by atoms with Gasteiger partial charge < -0.3 is 24.5 Å². The van der Waals surface area contributed by atoms with Crippen LogP contribution in [-0.2, 0) is 16.0 Å². The Bertz CT molecular complexity index is 412. The van der Waals surface area contributed by atoms with E-state index in [1.165, 1.54) is 0 Å². The van der Waals surface area contributed by atoms with E-state index in [-0.39, 0.29) is 12.1 Å². The minimum absolute atomic E-state index is 0.236. The Morgan fingerprint density at radius 1 is 1.41 bits per heavy atom. The third-order valence-corrected chi connectivity index (χ3v) is 2.94. The van der Waals surface area contributed by atoms with Crippen molar-refractivity contribution in [1.29, 1.82) is 0 Å². The van der Waals surface area contributed by atoms with Gasteiger partial charge in [-0.25, -0.2) is 4.79 Å². The van der Waals surface area contributed by atoms with E-state index < -0.39 is 5.60 Å². The Labute approximate surface area is 132 Å². The number of carbonyl (C=O) groups excluding carboxylic acids is 1. The van der Waals surface area contributed by atoms with Gasteiger partial charge in [0, 0.05) is 31.8 Å². The maximum atomic E-state index is 11.5. The number of methoxy groups -OCH3 is 1. The molecule has 0 saturated carbocycles. The molecule has 0 spiro atoms. The van der Waals surface area contributed by atoms with Gasteiger partial charge in [-0.05, 0) is 39.7 Å². The van der Waals surface area contributed by atoms with Gasteiger partial charge in [0.2, 0.25) is 0 Å². The van der Waals surface area contributed by atoms with E-state index in [9.17, 15) is 4.79 Å². The second-order valence-corrected chi connectivity index (χ2v) is 6.24. The van der Waals surface area contributed by atoms with Crippen molar-refractivity contribution in [1.82, 2.24) is 10.6 Å². The van der Waals surface area contributed by atoms with Gasteiger partial charge in [-0.2, -0.15) is 0 Å². The fourth-order valence-electron chi connectivity index (χ4n) is 1.95. The topological polar surface area (TPSA) is 72.7 Å². The zero-order valence-corrected chi connectivity index (χ0v) is 14.0. The van der Waals surface area contributed by atoms with E-state index in [1.807, 2.05) is 26.8 Å². The van der Waals surface area contributed by atoms with E-state index in [0.717, 1.165) is 24.9 Å². The number of furan rings is 1. The quantitative estimate of drug-likeness (QED) is 0.686. The molecule has 0 saturated heterocycles. The van der Waals surface area contributed by atoms with Crippen LogP contribution in [0.1, 0.15) is 39.2 Å². The molecule has 0 fully saturated rings. The number of ether oxygens (including phenoxy) is 2. The van der Waals surface area contributed by atoms with E-state index in [1.54, 1.807) is 19.6 Å². The summed E-state index contributed by atoms with van der Waals surface area (Å²) in [6, 6.07) is 2.17. The lowest BCUT2D eigenvalue weighted by Gasteiger charge is -2.20. The van der Waals surface area contributed by atoms with Gasteiger partial charge in [0.1, 0.15) is 5.60 Å². The maximum absolute atomic E-state index is 11.5. The van der Waals surface area contributed by atoms with Gasteiger partial charge in [-0.1, -0.05) is 0 Å². The molecule has 2 N–H and O–H groups in total. The molecule has 1 unspecified atom stereocenters. The van der Waals surface area contributed by atoms with Crippen LogP contribution in [-0.4, -0.2) is 38.0 Å². The van der Waals surface area contributed by atoms with E-state index >= 15 is 0 Å². The van der Waals surface area contributed by atoms with Gasteiger partial charge in [0.15, 0.2) is 0 Å². The smallest absolute Gasteiger partial charge is 0.407 e. The lowest BCUT2D eigenvalue weighted by molar-refractivity contribution is 0.0526. The highest BCUT2D eigenvalue weighted by atomic mass is 16.6. The summed E-state index contributed by atoms with van der Waals surface area (Å²) in [6.07, 6.45) is 4.77. The number of amides is 1. The van der Waals surface area contributed by atoms with Crippen molar-refractivity contribution in [2.24, 2.45) is 0 Å². The Balaban J connectivity index is 2.19. The van der Waals surface area contributed by atoms with Crippen LogP contribution >= 0.6 is 0 Å². The first-order chi connectivity index (χ1) is 10.4. The molecule has 1 aromatic heterocycles. The highest BCUT2D eigenvalue weighted by Gasteiger charge is 2.15. The van der Waals surface area contributed by atoms with Gasteiger partial charge in [0.25, 0.3) is 0 Å². The number of hydrogen-bond donors (Lipinski definition) is 2. The van der Waals surface area contributed by atoms with Gasteiger partial charge in [0.05, 0.1) is 19.1 Å². The van der Waals surface area contributed by atoms with Crippen molar-refractivity contribution in [2.45, 2.75) is 51.8 Å². The van der Waals surface area contributed by atoms with Crippen LogP contribution in [0.4, 0.5) is 4.79 Å². The average Bonchev–Trinajstić information content (AvgIpc) is 2.92. The highest BCUT2D eigenvalue weighted by Crippen LogP contribution is 2.07. The largest absolute Gasteiger partial charge is 0.472 e. The first-order valence-corrected chi connectivity index (χ1v) is 7.61. The molecule has 0 aliphatic rings. The van der Waals surface area contributed by atoms with Crippen molar-refractivity contribution in [2.75, 3.05) is 20.3 Å². The molecule has 126 valence electrons. The Kier molecular flexibility index (Phi) is 7.98. The molecule has 6 heteroatoms. The number of rotatable bonds is 9. The molecule has 0 bridgehead atoms. The summed E-state index contributed by atoms with van der Waals surface area (Å²) in [4.78, 5) is 11.5. The van der Waals surface area contributed by atoms with Crippen LogP contribution in [0.5, 0.6) is 0 Å². The van der Waals surface area contributed by atoms with Crippen molar-refractivity contribution < 1.29 is 18.7 Å². The van der Waals surface area contributed by atoms with Crippen LogP contribution in [0.2, 0.25) is 0 Å². The summed E-state index contributed by atoms with van der Waals surface area (Å²) < 4.78 is 15.4.